The highest BCUT2D eigenvalue weighted by atomic mass is 35.5. The molecule has 1 aliphatic heterocycles. The third-order valence-corrected chi connectivity index (χ3v) is 7.38. The fraction of sp³-hybridized carbons (Fsp3) is 0.161. The Morgan fingerprint density at radius 3 is 2.62 bits per heavy atom. The zero-order chi connectivity index (χ0) is 27.6. The summed E-state index contributed by atoms with van der Waals surface area (Å²) >= 11 is 6.53. The number of carbonyl (C=O) groups is 2. The molecule has 6 rings (SSSR count). The van der Waals surface area contributed by atoms with Crippen LogP contribution in [0.4, 0.5) is 10.2 Å². The lowest BCUT2D eigenvalue weighted by Gasteiger charge is -2.16. The molecule has 9 heteroatoms. The van der Waals surface area contributed by atoms with Crippen molar-refractivity contribution in [2.45, 2.75) is 19.5 Å². The highest BCUT2D eigenvalue weighted by molar-refractivity contribution is 6.33. The number of halogens is 2. The van der Waals surface area contributed by atoms with E-state index in [-0.39, 0.29) is 24.1 Å². The molecule has 3 aromatic carbocycles. The Balaban J connectivity index is 1.20. The summed E-state index contributed by atoms with van der Waals surface area (Å²) in [6.45, 7) is 1.29. The van der Waals surface area contributed by atoms with Crippen LogP contribution < -0.4 is 5.32 Å². The number of hydrogen-bond acceptors (Lipinski definition) is 4. The quantitative estimate of drug-likeness (QED) is 0.271. The first-order valence-corrected chi connectivity index (χ1v) is 13.3. The normalized spacial score (nSPS) is 15.1. The SMILES string of the molecule is O=C(Nc1cc(-c2ccc3ncn(Cc4cccc(F)c4)c3c2)c(Cl)cn1)C1CC(=O)N(Cc2ccccc2)C1. The van der Waals surface area contributed by atoms with Crippen molar-refractivity contribution in [3.8, 4) is 11.1 Å². The van der Waals surface area contributed by atoms with Crippen molar-refractivity contribution in [3.05, 3.63) is 113 Å². The third-order valence-electron chi connectivity index (χ3n) is 7.08. The molecule has 0 radical (unpaired) electrons. The van der Waals surface area contributed by atoms with Gasteiger partial charge in [0.2, 0.25) is 11.8 Å². The lowest BCUT2D eigenvalue weighted by molar-refractivity contribution is -0.128. The van der Waals surface area contributed by atoms with Gasteiger partial charge in [0.15, 0.2) is 0 Å². The maximum absolute atomic E-state index is 13.7. The van der Waals surface area contributed by atoms with Gasteiger partial charge in [0.25, 0.3) is 0 Å². The Bertz CT molecular complexity index is 1720. The standard InChI is InChI=1S/C31H25ClFN5O2/c32-26-15-34-29(36-31(40)23-13-30(39)37(18-23)16-20-5-2-1-3-6-20)14-25(26)22-9-10-27-28(12-22)38(19-35-27)17-21-7-4-8-24(33)11-21/h1-12,14-15,19,23H,13,16-18H2,(H,34,36,40). The van der Waals surface area contributed by atoms with Gasteiger partial charge in [0.1, 0.15) is 11.6 Å². The highest BCUT2D eigenvalue weighted by Crippen LogP contribution is 2.32. The predicted octanol–water partition coefficient (Wildman–Crippen LogP) is 5.93. The van der Waals surface area contributed by atoms with Crippen LogP contribution in [0, 0.1) is 11.7 Å². The van der Waals surface area contributed by atoms with Crippen LogP contribution in [-0.2, 0) is 22.7 Å². The van der Waals surface area contributed by atoms with Crippen molar-refractivity contribution in [1.29, 1.82) is 0 Å². The van der Waals surface area contributed by atoms with Gasteiger partial charge < -0.3 is 14.8 Å². The third kappa shape index (κ3) is 5.44. The van der Waals surface area contributed by atoms with Crippen molar-refractivity contribution in [1.82, 2.24) is 19.4 Å². The van der Waals surface area contributed by atoms with E-state index in [0.717, 1.165) is 27.7 Å². The number of benzene rings is 3. The largest absolute Gasteiger partial charge is 0.338 e. The van der Waals surface area contributed by atoms with Crippen molar-refractivity contribution < 1.29 is 14.0 Å². The van der Waals surface area contributed by atoms with Gasteiger partial charge in [0.05, 0.1) is 28.3 Å². The molecule has 1 saturated heterocycles. The summed E-state index contributed by atoms with van der Waals surface area (Å²) in [7, 11) is 0. The van der Waals surface area contributed by atoms with Gasteiger partial charge in [-0.2, -0.15) is 0 Å². The van der Waals surface area contributed by atoms with E-state index in [2.05, 4.69) is 15.3 Å². The van der Waals surface area contributed by atoms with Crippen LogP contribution in [0.15, 0.2) is 91.4 Å². The van der Waals surface area contributed by atoms with E-state index in [1.807, 2.05) is 59.2 Å². The van der Waals surface area contributed by atoms with E-state index in [4.69, 9.17) is 11.6 Å². The van der Waals surface area contributed by atoms with E-state index in [0.29, 0.717) is 36.0 Å². The van der Waals surface area contributed by atoms with Crippen molar-refractivity contribution in [2.75, 3.05) is 11.9 Å². The Hall–Kier alpha value is -4.56. The molecular formula is C31H25ClFN5O2. The van der Waals surface area contributed by atoms with Crippen LogP contribution in [0.25, 0.3) is 22.2 Å². The van der Waals surface area contributed by atoms with E-state index in [1.54, 1.807) is 23.4 Å². The van der Waals surface area contributed by atoms with Gasteiger partial charge in [-0.1, -0.05) is 60.1 Å². The second-order valence-electron chi connectivity index (χ2n) is 9.91. The highest BCUT2D eigenvalue weighted by Gasteiger charge is 2.34. The van der Waals surface area contributed by atoms with Gasteiger partial charge in [-0.3, -0.25) is 9.59 Å². The van der Waals surface area contributed by atoms with Crippen molar-refractivity contribution in [3.63, 3.8) is 0 Å². The van der Waals surface area contributed by atoms with Crippen molar-refractivity contribution >= 4 is 40.3 Å². The maximum atomic E-state index is 13.7. The molecule has 0 saturated carbocycles. The van der Waals surface area contributed by atoms with Gasteiger partial charge in [-0.05, 0) is 47.0 Å². The van der Waals surface area contributed by atoms with Crippen LogP contribution in [0.1, 0.15) is 17.5 Å². The minimum absolute atomic E-state index is 0.0445. The molecule has 0 bridgehead atoms. The Morgan fingerprint density at radius 2 is 1.80 bits per heavy atom. The summed E-state index contributed by atoms with van der Waals surface area (Å²) in [5.41, 5.74) is 5.02. The molecule has 1 unspecified atom stereocenters. The Morgan fingerprint density at radius 1 is 0.975 bits per heavy atom. The van der Waals surface area contributed by atoms with Gasteiger partial charge in [-0.15, -0.1) is 0 Å². The fourth-order valence-corrected chi connectivity index (χ4v) is 5.26. The number of aromatic nitrogens is 3. The monoisotopic (exact) mass is 553 g/mol. The topological polar surface area (TPSA) is 80.1 Å². The van der Waals surface area contributed by atoms with E-state index in [1.165, 1.54) is 18.3 Å². The van der Waals surface area contributed by atoms with E-state index < -0.39 is 5.92 Å². The average molecular weight is 554 g/mol. The van der Waals surface area contributed by atoms with Crippen LogP contribution in [0.5, 0.6) is 0 Å². The molecule has 1 atom stereocenters. The van der Waals surface area contributed by atoms with Crippen LogP contribution in [0.3, 0.4) is 0 Å². The molecule has 7 nitrogen and oxygen atoms in total. The molecule has 2 amide bonds. The number of amides is 2. The van der Waals surface area contributed by atoms with Gasteiger partial charge >= 0.3 is 0 Å². The first kappa shape index (κ1) is 25.7. The number of nitrogens with one attached hydrogen (secondary N) is 1. The molecule has 200 valence electrons. The van der Waals surface area contributed by atoms with E-state index >= 15 is 0 Å². The molecular weight excluding hydrogens is 529 g/mol. The molecule has 1 N–H and O–H groups in total. The summed E-state index contributed by atoms with van der Waals surface area (Å²) in [5, 5.41) is 3.30. The predicted molar refractivity (Wildman–Crippen MR) is 152 cm³/mol. The smallest absolute Gasteiger partial charge is 0.230 e. The zero-order valence-corrected chi connectivity index (χ0v) is 22.2. The number of imidazole rings is 1. The molecule has 3 heterocycles. The lowest BCUT2D eigenvalue weighted by atomic mass is 10.1. The molecule has 1 aliphatic rings. The number of carbonyl (C=O) groups excluding carboxylic acids is 2. The maximum Gasteiger partial charge on any atom is 0.230 e. The second kappa shape index (κ2) is 10.9. The Labute approximate surface area is 235 Å². The molecule has 40 heavy (non-hydrogen) atoms. The molecule has 2 aromatic heterocycles. The number of fused-ring (bicyclic) bond motifs is 1. The number of nitrogens with zero attached hydrogens (tertiary/aromatic N) is 4. The first-order chi connectivity index (χ1) is 19.4. The zero-order valence-electron chi connectivity index (χ0n) is 21.4. The number of likely N-dealkylation sites (tertiary alicyclic amines) is 1. The van der Waals surface area contributed by atoms with Crippen LogP contribution in [-0.4, -0.2) is 37.8 Å². The summed E-state index contributed by atoms with van der Waals surface area (Å²) in [6.07, 6.45) is 3.39. The molecule has 0 aliphatic carbocycles. The van der Waals surface area contributed by atoms with Gasteiger partial charge in [0, 0.05) is 37.8 Å². The lowest BCUT2D eigenvalue weighted by Crippen LogP contribution is -2.28. The summed E-state index contributed by atoms with van der Waals surface area (Å²) in [5.74, 6) is -0.700. The van der Waals surface area contributed by atoms with E-state index in [9.17, 15) is 14.0 Å². The minimum atomic E-state index is -0.467. The number of pyridine rings is 1. The minimum Gasteiger partial charge on any atom is -0.338 e. The number of hydrogen-bond donors (Lipinski definition) is 1. The second-order valence-corrected chi connectivity index (χ2v) is 10.3. The molecule has 1 fully saturated rings. The van der Waals surface area contributed by atoms with Crippen molar-refractivity contribution in [2.24, 2.45) is 5.92 Å². The number of rotatable bonds is 7. The summed E-state index contributed by atoms with van der Waals surface area (Å²) < 4.78 is 15.6. The number of anilines is 1. The average Bonchev–Trinajstić information content (AvgIpc) is 3.53. The van der Waals surface area contributed by atoms with Crippen LogP contribution in [0.2, 0.25) is 5.02 Å². The molecule has 5 aromatic rings. The summed E-state index contributed by atoms with van der Waals surface area (Å²) in [6, 6.07) is 23.7. The van der Waals surface area contributed by atoms with Gasteiger partial charge in [-0.25, -0.2) is 14.4 Å². The Kier molecular flexibility index (Phi) is 7.00. The summed E-state index contributed by atoms with van der Waals surface area (Å²) in [4.78, 5) is 36.1. The first-order valence-electron chi connectivity index (χ1n) is 12.9. The molecule has 0 spiro atoms. The van der Waals surface area contributed by atoms with Crippen LogP contribution >= 0.6 is 11.6 Å². The fourth-order valence-electron chi connectivity index (χ4n) is 5.04.